The number of hydrogen-bond acceptors (Lipinski definition) is 4. The molecular weight excluding hydrogens is 483 g/mol. The summed E-state index contributed by atoms with van der Waals surface area (Å²) in [7, 11) is -1.01. The molecular formula is C24H22F3N3O2S2. The summed E-state index contributed by atoms with van der Waals surface area (Å²) in [4.78, 5) is 16.9. The molecule has 2 unspecified atom stereocenters. The molecule has 0 aliphatic heterocycles. The van der Waals surface area contributed by atoms with E-state index in [1.165, 1.54) is 23.5 Å². The zero-order chi connectivity index (χ0) is 24.6. The summed E-state index contributed by atoms with van der Waals surface area (Å²) in [6.45, 7) is 1.70. The van der Waals surface area contributed by atoms with Crippen molar-refractivity contribution in [3.05, 3.63) is 82.0 Å². The van der Waals surface area contributed by atoms with Crippen molar-refractivity contribution in [2.45, 2.75) is 31.2 Å². The first-order valence-corrected chi connectivity index (χ1v) is 12.9. The van der Waals surface area contributed by atoms with Crippen molar-refractivity contribution in [2.24, 2.45) is 5.73 Å². The van der Waals surface area contributed by atoms with Gasteiger partial charge in [-0.2, -0.15) is 13.2 Å². The fraction of sp³-hybridized carbons (Fsp3) is 0.250. The number of nitrogens with two attached hydrogens (primary N) is 1. The fourth-order valence-corrected chi connectivity index (χ4v) is 5.75. The monoisotopic (exact) mass is 505 g/mol. The minimum absolute atomic E-state index is 0.170. The molecule has 0 aliphatic carbocycles. The lowest BCUT2D eigenvalue weighted by Gasteiger charge is -2.18. The summed E-state index contributed by atoms with van der Waals surface area (Å²) >= 11 is 1.17. The van der Waals surface area contributed by atoms with Crippen molar-refractivity contribution >= 4 is 39.1 Å². The molecule has 34 heavy (non-hydrogen) atoms. The van der Waals surface area contributed by atoms with Crippen LogP contribution >= 0.6 is 11.3 Å². The van der Waals surface area contributed by atoms with Crippen molar-refractivity contribution < 1.29 is 22.2 Å². The van der Waals surface area contributed by atoms with Gasteiger partial charge in [-0.1, -0.05) is 31.2 Å². The Hall–Kier alpha value is -2.98. The maximum Gasteiger partial charge on any atom is 0.416 e. The molecule has 4 rings (SSSR count). The van der Waals surface area contributed by atoms with Crippen LogP contribution in [0, 0.1) is 0 Å². The van der Waals surface area contributed by atoms with Crippen molar-refractivity contribution in [1.82, 2.24) is 9.55 Å². The van der Waals surface area contributed by atoms with Gasteiger partial charge in [0.25, 0.3) is 5.91 Å². The highest BCUT2D eigenvalue weighted by Crippen LogP contribution is 2.38. The van der Waals surface area contributed by atoms with Crippen LogP contribution in [0.3, 0.4) is 0 Å². The Balaban J connectivity index is 1.73. The average Bonchev–Trinajstić information content (AvgIpc) is 3.36. The van der Waals surface area contributed by atoms with Gasteiger partial charge in [0.1, 0.15) is 11.3 Å². The summed E-state index contributed by atoms with van der Waals surface area (Å²) in [6, 6.07) is 12.9. The van der Waals surface area contributed by atoms with Crippen LogP contribution in [0.1, 0.15) is 44.8 Å². The topological polar surface area (TPSA) is 78.0 Å². The van der Waals surface area contributed by atoms with Crippen LogP contribution in [0.15, 0.2) is 54.9 Å². The molecule has 4 aromatic rings. The molecule has 10 heteroatoms. The Morgan fingerprint density at radius 1 is 1.21 bits per heavy atom. The minimum Gasteiger partial charge on any atom is -0.365 e. The van der Waals surface area contributed by atoms with Crippen molar-refractivity contribution in [3.8, 4) is 5.00 Å². The first-order valence-electron chi connectivity index (χ1n) is 10.4. The van der Waals surface area contributed by atoms with Crippen LogP contribution in [0.4, 0.5) is 13.2 Å². The third-order valence-corrected chi connectivity index (χ3v) is 7.49. The maximum atomic E-state index is 13.5. The van der Waals surface area contributed by atoms with Crippen molar-refractivity contribution in [2.75, 3.05) is 6.26 Å². The van der Waals surface area contributed by atoms with Gasteiger partial charge in [-0.25, -0.2) is 4.98 Å². The molecule has 0 spiro atoms. The van der Waals surface area contributed by atoms with Gasteiger partial charge in [0, 0.05) is 22.8 Å². The van der Waals surface area contributed by atoms with Gasteiger partial charge in [0.05, 0.1) is 21.5 Å². The standard InChI is InChI=1S/C24H22F3N3O2S2/c1-14(17-5-3-4-6-18(17)24(25,26)27)9-16-11-21(33-22(16)23(28)31)30-13-29-19-8-7-15(10-20(19)30)12-34(2)32/h3-8,10-11,13-14H,9,12H2,1-2H3,(H2,28,31). The van der Waals surface area contributed by atoms with Crippen LogP contribution in [0.25, 0.3) is 16.0 Å². The quantitative estimate of drug-likeness (QED) is 0.364. The highest BCUT2D eigenvalue weighted by Gasteiger charge is 2.34. The Kier molecular flexibility index (Phi) is 6.64. The van der Waals surface area contributed by atoms with Gasteiger partial charge in [-0.15, -0.1) is 11.3 Å². The maximum absolute atomic E-state index is 13.5. The van der Waals surface area contributed by atoms with E-state index < -0.39 is 34.4 Å². The van der Waals surface area contributed by atoms with E-state index in [4.69, 9.17) is 5.73 Å². The average molecular weight is 506 g/mol. The number of thiophene rings is 1. The van der Waals surface area contributed by atoms with Gasteiger partial charge in [-0.05, 0) is 53.3 Å². The summed E-state index contributed by atoms with van der Waals surface area (Å²) in [5, 5.41) is 0.678. The van der Waals surface area contributed by atoms with E-state index in [1.54, 1.807) is 31.6 Å². The highest BCUT2D eigenvalue weighted by atomic mass is 32.2. The zero-order valence-electron chi connectivity index (χ0n) is 18.4. The molecule has 0 fully saturated rings. The second kappa shape index (κ2) is 9.34. The molecule has 0 saturated carbocycles. The number of fused-ring (bicyclic) bond motifs is 1. The smallest absolute Gasteiger partial charge is 0.365 e. The second-order valence-corrected chi connectivity index (χ2v) is 10.6. The summed E-state index contributed by atoms with van der Waals surface area (Å²) in [6.07, 6.45) is -0.994. The first kappa shape index (κ1) is 24.2. The number of amides is 1. The SMILES string of the molecule is CC(Cc1cc(-n2cnc3ccc(CS(C)=O)cc32)sc1C(N)=O)c1ccccc1C(F)(F)F. The van der Waals surface area contributed by atoms with Crippen molar-refractivity contribution in [1.29, 1.82) is 0 Å². The van der Waals surface area contributed by atoms with E-state index in [2.05, 4.69) is 4.98 Å². The molecule has 0 radical (unpaired) electrons. The number of halogens is 3. The van der Waals surface area contributed by atoms with E-state index in [9.17, 15) is 22.2 Å². The molecule has 2 aromatic heterocycles. The summed E-state index contributed by atoms with van der Waals surface area (Å²) in [5.41, 5.74) is 8.09. The molecule has 2 N–H and O–H groups in total. The normalized spacial score (nSPS) is 13.8. The first-order chi connectivity index (χ1) is 16.0. The minimum atomic E-state index is -4.47. The Bertz CT molecular complexity index is 1390. The largest absolute Gasteiger partial charge is 0.416 e. The zero-order valence-corrected chi connectivity index (χ0v) is 20.1. The van der Waals surface area contributed by atoms with Crippen molar-refractivity contribution in [3.63, 3.8) is 0 Å². The molecule has 0 aliphatic rings. The van der Waals surface area contributed by atoms with E-state index in [-0.39, 0.29) is 12.0 Å². The lowest BCUT2D eigenvalue weighted by molar-refractivity contribution is -0.138. The summed E-state index contributed by atoms with van der Waals surface area (Å²) < 4.78 is 54.0. The van der Waals surface area contributed by atoms with E-state index >= 15 is 0 Å². The number of benzene rings is 2. The third-order valence-electron chi connectivity index (χ3n) is 5.56. The Morgan fingerprint density at radius 3 is 2.62 bits per heavy atom. The van der Waals surface area contributed by atoms with Crippen LogP contribution in [-0.4, -0.2) is 25.9 Å². The van der Waals surface area contributed by atoms with E-state index in [0.29, 0.717) is 21.2 Å². The number of carbonyl (C=O) groups is 1. The molecule has 5 nitrogen and oxygen atoms in total. The number of nitrogens with zero attached hydrogens (tertiary/aromatic N) is 2. The molecule has 0 saturated heterocycles. The van der Waals surface area contributed by atoms with Crippen LogP contribution in [-0.2, 0) is 29.1 Å². The number of rotatable bonds is 7. The van der Waals surface area contributed by atoms with Crippen LogP contribution < -0.4 is 5.73 Å². The van der Waals surface area contributed by atoms with E-state index in [1.807, 2.05) is 22.8 Å². The molecule has 2 aromatic carbocycles. The Morgan fingerprint density at radius 2 is 1.94 bits per heavy atom. The van der Waals surface area contributed by atoms with Crippen LogP contribution in [0.2, 0.25) is 0 Å². The number of carbonyl (C=O) groups excluding carboxylic acids is 1. The number of primary amides is 1. The third kappa shape index (κ3) is 4.92. The van der Waals surface area contributed by atoms with E-state index in [0.717, 1.165) is 22.7 Å². The second-order valence-electron chi connectivity index (χ2n) is 8.15. The molecule has 2 atom stereocenters. The van der Waals surface area contributed by atoms with Gasteiger partial charge >= 0.3 is 6.18 Å². The van der Waals surface area contributed by atoms with Gasteiger partial charge in [-0.3, -0.25) is 13.6 Å². The summed E-state index contributed by atoms with van der Waals surface area (Å²) in [5.74, 6) is -0.725. The molecule has 1 amide bonds. The molecule has 0 bridgehead atoms. The van der Waals surface area contributed by atoms with Gasteiger partial charge in [0.2, 0.25) is 0 Å². The molecule has 2 heterocycles. The Labute approximate surface area is 200 Å². The number of aromatic nitrogens is 2. The number of imidazole rings is 1. The fourth-order valence-electron chi connectivity index (χ4n) is 4.07. The van der Waals surface area contributed by atoms with Crippen LogP contribution in [0.5, 0.6) is 0 Å². The van der Waals surface area contributed by atoms with Gasteiger partial charge < -0.3 is 5.73 Å². The number of hydrogen-bond donors (Lipinski definition) is 1. The number of alkyl halides is 3. The lowest BCUT2D eigenvalue weighted by atomic mass is 9.90. The van der Waals surface area contributed by atoms with Gasteiger partial charge in [0.15, 0.2) is 0 Å². The predicted molar refractivity (Wildman–Crippen MR) is 129 cm³/mol. The molecule has 178 valence electrons. The highest BCUT2D eigenvalue weighted by molar-refractivity contribution is 7.83. The lowest BCUT2D eigenvalue weighted by Crippen LogP contribution is -2.14. The predicted octanol–water partition coefficient (Wildman–Crippen LogP) is 5.43.